The normalized spacial score (nSPS) is 35.8. The number of halogens is 2. The molecule has 19 heavy (non-hydrogen) atoms. The number of nitrogens with zero attached hydrogens (tertiary/aromatic N) is 1. The highest BCUT2D eigenvalue weighted by atomic mass is 19.3. The standard InChI is InChI=1S/C15H25F2NO/c1-12(2)19-11-13(5-6-13)9-18-7-3-4-14(10-18)8-15(14,16)17/h12H,3-11H2,1-2H3. The lowest BCUT2D eigenvalue weighted by Crippen LogP contribution is -2.43. The van der Waals surface area contributed by atoms with Crippen molar-refractivity contribution in [3.8, 4) is 0 Å². The summed E-state index contributed by atoms with van der Waals surface area (Å²) in [4.78, 5) is 2.28. The van der Waals surface area contributed by atoms with Crippen molar-refractivity contribution < 1.29 is 13.5 Å². The van der Waals surface area contributed by atoms with E-state index in [1.165, 1.54) is 12.8 Å². The van der Waals surface area contributed by atoms with Crippen LogP contribution in [0.1, 0.15) is 46.0 Å². The zero-order valence-electron chi connectivity index (χ0n) is 12.1. The molecule has 1 heterocycles. The summed E-state index contributed by atoms with van der Waals surface area (Å²) in [5, 5.41) is 0. The average molecular weight is 273 g/mol. The van der Waals surface area contributed by atoms with Crippen molar-refractivity contribution in [1.82, 2.24) is 4.90 Å². The third kappa shape index (κ3) is 2.66. The van der Waals surface area contributed by atoms with E-state index >= 15 is 0 Å². The highest BCUT2D eigenvalue weighted by Crippen LogP contribution is 2.64. The number of hydrogen-bond donors (Lipinski definition) is 0. The lowest BCUT2D eigenvalue weighted by Gasteiger charge is -2.35. The van der Waals surface area contributed by atoms with Crippen LogP contribution in [0, 0.1) is 10.8 Å². The molecule has 110 valence electrons. The van der Waals surface area contributed by atoms with Gasteiger partial charge in [-0.1, -0.05) is 0 Å². The molecular formula is C15H25F2NO. The Morgan fingerprint density at radius 1 is 1.21 bits per heavy atom. The minimum absolute atomic E-state index is 0.117. The first kappa shape index (κ1) is 13.7. The minimum atomic E-state index is -2.39. The molecule has 0 aromatic rings. The van der Waals surface area contributed by atoms with Gasteiger partial charge in [0.15, 0.2) is 0 Å². The predicted octanol–water partition coefficient (Wildman–Crippen LogP) is 3.31. The van der Waals surface area contributed by atoms with Crippen molar-refractivity contribution in [1.29, 1.82) is 0 Å². The zero-order valence-corrected chi connectivity index (χ0v) is 12.1. The van der Waals surface area contributed by atoms with Gasteiger partial charge in [-0.25, -0.2) is 8.78 Å². The fourth-order valence-electron chi connectivity index (χ4n) is 3.53. The molecule has 1 spiro atoms. The number of rotatable bonds is 5. The molecular weight excluding hydrogens is 248 g/mol. The summed E-state index contributed by atoms with van der Waals surface area (Å²) in [5.74, 6) is -2.39. The topological polar surface area (TPSA) is 12.5 Å². The lowest BCUT2D eigenvalue weighted by atomic mass is 9.93. The molecule has 1 unspecified atom stereocenters. The van der Waals surface area contributed by atoms with Gasteiger partial charge in [-0.2, -0.15) is 0 Å². The van der Waals surface area contributed by atoms with Crippen LogP contribution in [-0.2, 0) is 4.74 Å². The molecule has 4 heteroatoms. The van der Waals surface area contributed by atoms with E-state index in [2.05, 4.69) is 18.7 Å². The molecule has 0 aromatic heterocycles. The summed E-state index contributed by atoms with van der Waals surface area (Å²) in [6.45, 7) is 7.44. The Balaban J connectivity index is 1.53. The Hall–Kier alpha value is -0.220. The molecule has 2 saturated carbocycles. The van der Waals surface area contributed by atoms with Crippen molar-refractivity contribution in [3.05, 3.63) is 0 Å². The van der Waals surface area contributed by atoms with Gasteiger partial charge in [-0.05, 0) is 46.1 Å². The minimum Gasteiger partial charge on any atom is -0.378 e. The Labute approximate surface area is 114 Å². The van der Waals surface area contributed by atoms with Crippen LogP contribution in [0.3, 0.4) is 0 Å². The molecule has 0 bridgehead atoms. The van der Waals surface area contributed by atoms with E-state index in [1.807, 2.05) is 0 Å². The van der Waals surface area contributed by atoms with Gasteiger partial charge in [0.2, 0.25) is 0 Å². The van der Waals surface area contributed by atoms with E-state index in [9.17, 15) is 8.78 Å². The van der Waals surface area contributed by atoms with E-state index in [0.29, 0.717) is 13.0 Å². The lowest BCUT2D eigenvalue weighted by molar-refractivity contribution is 0.00126. The van der Waals surface area contributed by atoms with Crippen molar-refractivity contribution >= 4 is 0 Å². The third-order valence-electron chi connectivity index (χ3n) is 5.11. The molecule has 1 atom stereocenters. The maximum Gasteiger partial charge on any atom is 0.255 e. The summed E-state index contributed by atoms with van der Waals surface area (Å²) in [6.07, 6.45) is 4.41. The van der Waals surface area contributed by atoms with Gasteiger partial charge in [0.1, 0.15) is 0 Å². The molecule has 3 rings (SSSR count). The molecule has 2 aliphatic carbocycles. The first-order valence-electron chi connectivity index (χ1n) is 7.58. The summed E-state index contributed by atoms with van der Waals surface area (Å²) < 4.78 is 32.7. The molecule has 0 radical (unpaired) electrons. The Morgan fingerprint density at radius 3 is 2.42 bits per heavy atom. The number of hydrogen-bond acceptors (Lipinski definition) is 2. The molecule has 1 saturated heterocycles. The van der Waals surface area contributed by atoms with Crippen molar-refractivity contribution in [3.63, 3.8) is 0 Å². The highest BCUT2D eigenvalue weighted by Gasteiger charge is 2.71. The number of likely N-dealkylation sites (tertiary alicyclic amines) is 1. The van der Waals surface area contributed by atoms with Gasteiger partial charge in [0.05, 0.1) is 18.1 Å². The highest BCUT2D eigenvalue weighted by molar-refractivity contribution is 5.13. The van der Waals surface area contributed by atoms with Gasteiger partial charge >= 0.3 is 0 Å². The van der Waals surface area contributed by atoms with Crippen LogP contribution in [0.2, 0.25) is 0 Å². The van der Waals surface area contributed by atoms with E-state index in [4.69, 9.17) is 4.74 Å². The molecule has 0 aromatic carbocycles. The largest absolute Gasteiger partial charge is 0.378 e. The summed E-state index contributed by atoms with van der Waals surface area (Å²) >= 11 is 0. The van der Waals surface area contributed by atoms with Crippen LogP contribution in [-0.4, -0.2) is 43.2 Å². The second-order valence-corrected chi connectivity index (χ2v) is 7.34. The molecule has 3 aliphatic rings. The van der Waals surface area contributed by atoms with E-state index in [0.717, 1.165) is 26.1 Å². The average Bonchev–Trinajstić information content (AvgIpc) is 3.17. The molecule has 1 aliphatic heterocycles. The van der Waals surface area contributed by atoms with E-state index in [1.54, 1.807) is 0 Å². The van der Waals surface area contributed by atoms with Crippen molar-refractivity contribution in [2.45, 2.75) is 58.0 Å². The fraction of sp³-hybridized carbons (Fsp3) is 1.00. The smallest absolute Gasteiger partial charge is 0.255 e. The van der Waals surface area contributed by atoms with Gasteiger partial charge in [0, 0.05) is 24.9 Å². The van der Waals surface area contributed by atoms with Crippen LogP contribution in [0.25, 0.3) is 0 Å². The molecule has 2 nitrogen and oxygen atoms in total. The SMILES string of the molecule is CC(C)OCC1(CN2CCCC3(C2)CC3(F)F)CC1. The fourth-order valence-corrected chi connectivity index (χ4v) is 3.53. The Bertz CT molecular complexity index is 354. The van der Waals surface area contributed by atoms with E-state index < -0.39 is 11.3 Å². The van der Waals surface area contributed by atoms with Gasteiger partial charge in [-0.15, -0.1) is 0 Å². The molecule has 3 fully saturated rings. The monoisotopic (exact) mass is 273 g/mol. The Kier molecular flexibility index (Phi) is 3.17. The summed E-state index contributed by atoms with van der Waals surface area (Å²) in [6, 6.07) is 0. The summed E-state index contributed by atoms with van der Waals surface area (Å²) in [5.41, 5.74) is -0.396. The first-order valence-corrected chi connectivity index (χ1v) is 7.58. The van der Waals surface area contributed by atoms with Crippen LogP contribution in [0.4, 0.5) is 8.78 Å². The third-order valence-corrected chi connectivity index (χ3v) is 5.11. The van der Waals surface area contributed by atoms with Gasteiger partial charge < -0.3 is 9.64 Å². The Morgan fingerprint density at radius 2 is 1.89 bits per heavy atom. The molecule has 0 amide bonds. The van der Waals surface area contributed by atoms with Crippen LogP contribution in [0.5, 0.6) is 0 Å². The second-order valence-electron chi connectivity index (χ2n) is 7.34. The quantitative estimate of drug-likeness (QED) is 0.762. The van der Waals surface area contributed by atoms with E-state index in [-0.39, 0.29) is 17.9 Å². The van der Waals surface area contributed by atoms with Crippen LogP contribution in [0.15, 0.2) is 0 Å². The van der Waals surface area contributed by atoms with Crippen LogP contribution < -0.4 is 0 Å². The second kappa shape index (κ2) is 4.39. The maximum absolute atomic E-state index is 13.5. The first-order chi connectivity index (χ1) is 8.87. The van der Waals surface area contributed by atoms with Gasteiger partial charge in [-0.3, -0.25) is 0 Å². The number of alkyl halides is 2. The van der Waals surface area contributed by atoms with Crippen molar-refractivity contribution in [2.24, 2.45) is 10.8 Å². The summed E-state index contributed by atoms with van der Waals surface area (Å²) in [7, 11) is 0. The van der Waals surface area contributed by atoms with Crippen LogP contribution >= 0.6 is 0 Å². The zero-order chi connectivity index (χ0) is 13.7. The predicted molar refractivity (Wildman–Crippen MR) is 70.4 cm³/mol. The number of piperidine rings is 1. The number of ether oxygens (including phenoxy) is 1. The maximum atomic E-state index is 13.5. The molecule has 0 N–H and O–H groups in total. The van der Waals surface area contributed by atoms with Crippen molar-refractivity contribution in [2.75, 3.05) is 26.2 Å². The van der Waals surface area contributed by atoms with Gasteiger partial charge in [0.25, 0.3) is 5.92 Å².